The van der Waals surface area contributed by atoms with E-state index in [0.717, 1.165) is 5.69 Å². The van der Waals surface area contributed by atoms with E-state index >= 15 is 0 Å². The summed E-state index contributed by atoms with van der Waals surface area (Å²) < 4.78 is 0. The van der Waals surface area contributed by atoms with Crippen molar-refractivity contribution >= 4 is 11.8 Å². The molecule has 1 atom stereocenters. The van der Waals surface area contributed by atoms with Gasteiger partial charge in [-0.1, -0.05) is 0 Å². The summed E-state index contributed by atoms with van der Waals surface area (Å²) in [5, 5.41) is 12.1. The second-order valence-corrected chi connectivity index (χ2v) is 3.84. The lowest BCUT2D eigenvalue weighted by Crippen LogP contribution is -2.42. The molecule has 2 heterocycles. The summed E-state index contributed by atoms with van der Waals surface area (Å²) in [5.74, 6) is -0.104. The van der Waals surface area contributed by atoms with Gasteiger partial charge in [-0.3, -0.25) is 14.7 Å². The summed E-state index contributed by atoms with van der Waals surface area (Å²) in [6.07, 6.45) is 2.70. The monoisotopic (exact) mass is 222 g/mol. The molecule has 0 aliphatic carbocycles. The third-order valence-electron chi connectivity index (χ3n) is 2.65. The maximum absolute atomic E-state index is 11.7. The highest BCUT2D eigenvalue weighted by molar-refractivity contribution is 5.83. The molecule has 2 amide bonds. The number of piperidine rings is 1. The number of H-pyrrole nitrogens is 1. The molecule has 6 heteroatoms. The number of amides is 2. The first-order valence-corrected chi connectivity index (χ1v) is 5.28. The molecule has 1 saturated heterocycles. The molecule has 1 aliphatic heterocycles. The Morgan fingerprint density at radius 2 is 2.50 bits per heavy atom. The maximum atomic E-state index is 11.7. The molecule has 2 rings (SSSR count). The quantitative estimate of drug-likeness (QED) is 0.647. The summed E-state index contributed by atoms with van der Waals surface area (Å²) in [6, 6.07) is 1.81. The minimum Gasteiger partial charge on any atom is -0.355 e. The van der Waals surface area contributed by atoms with Crippen LogP contribution in [0.25, 0.3) is 0 Å². The van der Waals surface area contributed by atoms with Crippen LogP contribution in [0, 0.1) is 5.92 Å². The van der Waals surface area contributed by atoms with Crippen LogP contribution in [0.15, 0.2) is 12.3 Å². The Kier molecular flexibility index (Phi) is 3.19. The zero-order valence-corrected chi connectivity index (χ0v) is 8.82. The summed E-state index contributed by atoms with van der Waals surface area (Å²) in [7, 11) is 0. The van der Waals surface area contributed by atoms with Crippen LogP contribution in [0.3, 0.4) is 0 Å². The second-order valence-electron chi connectivity index (χ2n) is 3.84. The van der Waals surface area contributed by atoms with Crippen LogP contribution in [0.2, 0.25) is 0 Å². The molecule has 0 spiro atoms. The molecular weight excluding hydrogens is 208 g/mol. The highest BCUT2D eigenvalue weighted by Gasteiger charge is 2.23. The van der Waals surface area contributed by atoms with E-state index in [0.29, 0.717) is 25.9 Å². The van der Waals surface area contributed by atoms with Crippen molar-refractivity contribution in [2.24, 2.45) is 5.92 Å². The normalized spacial score (nSPS) is 20.2. The van der Waals surface area contributed by atoms with Gasteiger partial charge in [0.05, 0.1) is 18.2 Å². The maximum Gasteiger partial charge on any atom is 0.225 e. The number of aromatic amines is 1. The third-order valence-corrected chi connectivity index (χ3v) is 2.65. The average Bonchev–Trinajstić information content (AvgIpc) is 2.80. The molecule has 0 radical (unpaired) electrons. The first kappa shape index (κ1) is 10.7. The summed E-state index contributed by atoms with van der Waals surface area (Å²) >= 11 is 0. The lowest BCUT2D eigenvalue weighted by Gasteiger charge is -2.21. The summed E-state index contributed by atoms with van der Waals surface area (Å²) in [4.78, 5) is 22.6. The fraction of sp³-hybridized carbons (Fsp3) is 0.500. The number of aromatic nitrogens is 2. The molecule has 86 valence electrons. The van der Waals surface area contributed by atoms with E-state index < -0.39 is 0 Å². The molecule has 1 unspecified atom stereocenters. The Hall–Kier alpha value is -1.85. The first-order chi connectivity index (χ1) is 7.75. The molecule has 1 aromatic heterocycles. The Morgan fingerprint density at radius 1 is 1.62 bits per heavy atom. The summed E-state index contributed by atoms with van der Waals surface area (Å²) in [5.41, 5.74) is 0.869. The highest BCUT2D eigenvalue weighted by atomic mass is 16.2. The molecule has 0 saturated carbocycles. The van der Waals surface area contributed by atoms with E-state index in [9.17, 15) is 9.59 Å². The SMILES string of the molecule is O=C1CCC(C(=O)NCc2ccn[nH]2)CN1. The van der Waals surface area contributed by atoms with Crippen LogP contribution in [0.1, 0.15) is 18.5 Å². The van der Waals surface area contributed by atoms with Gasteiger partial charge in [0, 0.05) is 19.2 Å². The first-order valence-electron chi connectivity index (χ1n) is 5.28. The lowest BCUT2D eigenvalue weighted by atomic mass is 9.98. The number of nitrogens with one attached hydrogen (secondary N) is 3. The standard InChI is InChI=1S/C10H14N4O2/c15-9-2-1-7(5-11-9)10(16)12-6-8-3-4-13-14-8/h3-4,7H,1-2,5-6H2,(H,11,15)(H,12,16)(H,13,14). The number of nitrogens with zero attached hydrogens (tertiary/aromatic N) is 1. The van der Waals surface area contributed by atoms with Gasteiger partial charge in [-0.05, 0) is 12.5 Å². The van der Waals surface area contributed by atoms with E-state index in [-0.39, 0.29) is 17.7 Å². The van der Waals surface area contributed by atoms with Crippen molar-refractivity contribution in [1.82, 2.24) is 20.8 Å². The van der Waals surface area contributed by atoms with E-state index in [1.54, 1.807) is 6.20 Å². The fourth-order valence-corrected chi connectivity index (χ4v) is 1.67. The average molecular weight is 222 g/mol. The Morgan fingerprint density at radius 3 is 3.12 bits per heavy atom. The predicted octanol–water partition coefficient (Wildman–Crippen LogP) is -0.448. The molecule has 0 bridgehead atoms. The molecule has 3 N–H and O–H groups in total. The molecule has 1 aromatic rings. The lowest BCUT2D eigenvalue weighted by molar-refractivity contribution is -0.129. The van der Waals surface area contributed by atoms with Crippen molar-refractivity contribution in [3.05, 3.63) is 18.0 Å². The van der Waals surface area contributed by atoms with Crippen LogP contribution in [0.5, 0.6) is 0 Å². The molecule has 1 fully saturated rings. The van der Waals surface area contributed by atoms with Crippen LogP contribution >= 0.6 is 0 Å². The Bertz CT molecular complexity index is 364. The van der Waals surface area contributed by atoms with Crippen molar-refractivity contribution in [2.75, 3.05) is 6.54 Å². The molecule has 6 nitrogen and oxygen atoms in total. The van der Waals surface area contributed by atoms with Gasteiger partial charge in [-0.2, -0.15) is 5.10 Å². The number of carbonyl (C=O) groups excluding carboxylic acids is 2. The molecule has 1 aliphatic rings. The second kappa shape index (κ2) is 4.78. The smallest absolute Gasteiger partial charge is 0.225 e. The zero-order valence-electron chi connectivity index (χ0n) is 8.82. The van der Waals surface area contributed by atoms with Crippen molar-refractivity contribution in [3.8, 4) is 0 Å². The third kappa shape index (κ3) is 2.59. The topological polar surface area (TPSA) is 86.9 Å². The van der Waals surface area contributed by atoms with Crippen molar-refractivity contribution in [2.45, 2.75) is 19.4 Å². The van der Waals surface area contributed by atoms with Gasteiger partial charge in [0.2, 0.25) is 11.8 Å². The highest BCUT2D eigenvalue weighted by Crippen LogP contribution is 2.10. The number of carbonyl (C=O) groups is 2. The van der Waals surface area contributed by atoms with Gasteiger partial charge in [-0.25, -0.2) is 0 Å². The summed E-state index contributed by atoms with van der Waals surface area (Å²) in [6.45, 7) is 0.886. The van der Waals surface area contributed by atoms with Gasteiger partial charge in [0.15, 0.2) is 0 Å². The van der Waals surface area contributed by atoms with E-state index in [4.69, 9.17) is 0 Å². The van der Waals surface area contributed by atoms with Crippen molar-refractivity contribution in [1.29, 1.82) is 0 Å². The largest absolute Gasteiger partial charge is 0.355 e. The van der Waals surface area contributed by atoms with Gasteiger partial charge < -0.3 is 10.6 Å². The van der Waals surface area contributed by atoms with E-state index in [1.165, 1.54) is 0 Å². The molecule has 16 heavy (non-hydrogen) atoms. The molecular formula is C10H14N4O2. The van der Waals surface area contributed by atoms with E-state index in [1.807, 2.05) is 6.07 Å². The van der Waals surface area contributed by atoms with Gasteiger partial charge >= 0.3 is 0 Å². The van der Waals surface area contributed by atoms with Crippen LogP contribution in [-0.2, 0) is 16.1 Å². The Balaban J connectivity index is 1.77. The number of hydrogen-bond acceptors (Lipinski definition) is 3. The van der Waals surface area contributed by atoms with Crippen LogP contribution in [0.4, 0.5) is 0 Å². The molecule has 0 aromatic carbocycles. The van der Waals surface area contributed by atoms with Crippen LogP contribution in [-0.4, -0.2) is 28.6 Å². The fourth-order valence-electron chi connectivity index (χ4n) is 1.67. The van der Waals surface area contributed by atoms with Gasteiger partial charge in [-0.15, -0.1) is 0 Å². The zero-order chi connectivity index (χ0) is 11.4. The number of rotatable bonds is 3. The Labute approximate surface area is 92.8 Å². The van der Waals surface area contributed by atoms with Crippen LogP contribution < -0.4 is 10.6 Å². The van der Waals surface area contributed by atoms with Gasteiger partial charge in [0.25, 0.3) is 0 Å². The minimum atomic E-state index is -0.111. The van der Waals surface area contributed by atoms with Crippen molar-refractivity contribution < 1.29 is 9.59 Å². The van der Waals surface area contributed by atoms with Crippen molar-refractivity contribution in [3.63, 3.8) is 0 Å². The predicted molar refractivity (Wildman–Crippen MR) is 56.2 cm³/mol. The van der Waals surface area contributed by atoms with E-state index in [2.05, 4.69) is 20.8 Å². The minimum absolute atomic E-state index is 0.0189. The number of hydrogen-bond donors (Lipinski definition) is 3. The van der Waals surface area contributed by atoms with Gasteiger partial charge in [0.1, 0.15) is 0 Å².